The van der Waals surface area contributed by atoms with Gasteiger partial charge < -0.3 is 15.1 Å². The highest BCUT2D eigenvalue weighted by Gasteiger charge is 2.32. The first-order valence-corrected chi connectivity index (χ1v) is 12.2. The molecule has 0 aliphatic carbocycles. The van der Waals surface area contributed by atoms with Crippen LogP contribution in [0.25, 0.3) is 0 Å². The maximum Gasteiger partial charge on any atom is 0.289 e. The lowest BCUT2D eigenvalue weighted by molar-refractivity contribution is -0.145. The zero-order valence-electron chi connectivity index (χ0n) is 20.1. The summed E-state index contributed by atoms with van der Waals surface area (Å²) >= 11 is 5.85. The second-order valence-corrected chi connectivity index (χ2v) is 8.93. The number of nitrogens with zero attached hydrogens (tertiary/aromatic N) is 3. The summed E-state index contributed by atoms with van der Waals surface area (Å²) in [5.74, 6) is -4.38. The number of carbonyl (C=O) groups is 4. The molecule has 12 heteroatoms. The number of ketones is 1. The van der Waals surface area contributed by atoms with Gasteiger partial charge >= 0.3 is 0 Å². The predicted octanol–water partition coefficient (Wildman–Crippen LogP) is 3.81. The van der Waals surface area contributed by atoms with Crippen molar-refractivity contribution in [2.75, 3.05) is 25.0 Å². The zero-order valence-corrected chi connectivity index (χ0v) is 20.8. The van der Waals surface area contributed by atoms with Crippen LogP contribution in [0, 0.1) is 11.6 Å². The van der Waals surface area contributed by atoms with Crippen LogP contribution < -0.4 is 5.32 Å². The second-order valence-electron chi connectivity index (χ2n) is 8.52. The normalized spacial score (nSPS) is 14.0. The van der Waals surface area contributed by atoms with E-state index in [9.17, 15) is 28.0 Å². The molecule has 0 spiro atoms. The van der Waals surface area contributed by atoms with Gasteiger partial charge in [0.25, 0.3) is 17.7 Å². The number of H-pyrrole nitrogens is 1. The maximum atomic E-state index is 13.5. The van der Waals surface area contributed by atoms with Crippen molar-refractivity contribution >= 4 is 40.9 Å². The van der Waals surface area contributed by atoms with Crippen molar-refractivity contribution in [3.63, 3.8) is 0 Å². The minimum atomic E-state index is -1.22. The third-order valence-electron chi connectivity index (χ3n) is 6.07. The minimum absolute atomic E-state index is 0.0671. The number of aromatic amines is 1. The average molecular weight is 524 g/mol. The lowest BCUT2D eigenvalue weighted by atomic mass is 10.0. The highest BCUT2D eigenvalue weighted by Crippen LogP contribution is 2.23. The standard InChI is InChI=1S/C24H28ClF2N5O4/c1-3-5-8-32(14-6-9-31(10-7-14)24(36)20(33)4-2)23(35)19-13-21(30-29-19)28-22(34)15-11-17(26)18(27)12-16(15)25/h11-14H,3-10H2,1-2H3,(H2,28,29,30,34). The number of benzene rings is 1. The summed E-state index contributed by atoms with van der Waals surface area (Å²) in [4.78, 5) is 52.9. The van der Waals surface area contributed by atoms with Crippen LogP contribution in [0.4, 0.5) is 14.6 Å². The maximum absolute atomic E-state index is 13.5. The fourth-order valence-corrected chi connectivity index (χ4v) is 4.25. The van der Waals surface area contributed by atoms with Crippen molar-refractivity contribution in [3.8, 4) is 0 Å². The van der Waals surface area contributed by atoms with Crippen LogP contribution in [0.5, 0.6) is 0 Å². The molecule has 0 saturated carbocycles. The number of anilines is 1. The lowest BCUT2D eigenvalue weighted by Gasteiger charge is -2.38. The molecule has 1 fully saturated rings. The van der Waals surface area contributed by atoms with Gasteiger partial charge in [-0.05, 0) is 31.4 Å². The Morgan fingerprint density at radius 2 is 1.81 bits per heavy atom. The van der Waals surface area contributed by atoms with Crippen molar-refractivity contribution in [1.29, 1.82) is 0 Å². The predicted molar refractivity (Wildman–Crippen MR) is 129 cm³/mol. The third-order valence-corrected chi connectivity index (χ3v) is 6.38. The van der Waals surface area contributed by atoms with E-state index >= 15 is 0 Å². The lowest BCUT2D eigenvalue weighted by Crippen LogP contribution is -2.50. The molecule has 0 radical (unpaired) electrons. The summed E-state index contributed by atoms with van der Waals surface area (Å²) in [7, 11) is 0. The van der Waals surface area contributed by atoms with E-state index in [0.717, 1.165) is 12.8 Å². The number of Topliss-reactive ketones (excluding diaryl/α,β-unsaturated/α-hetero) is 1. The number of amides is 3. The monoisotopic (exact) mass is 523 g/mol. The number of piperidine rings is 1. The molecule has 1 saturated heterocycles. The van der Waals surface area contributed by atoms with E-state index < -0.39 is 29.2 Å². The van der Waals surface area contributed by atoms with Gasteiger partial charge in [-0.3, -0.25) is 24.3 Å². The fourth-order valence-electron chi connectivity index (χ4n) is 4.02. The van der Waals surface area contributed by atoms with Crippen molar-refractivity contribution in [3.05, 3.63) is 46.1 Å². The Labute approximate surface area is 212 Å². The molecule has 2 heterocycles. The summed E-state index contributed by atoms with van der Waals surface area (Å²) in [6.45, 7) is 4.89. The molecular formula is C24H28ClF2N5O4. The SMILES string of the molecule is CCCCN(C(=O)c1cc(NC(=O)c2cc(F)c(F)cc2Cl)[nH]n1)C1CCN(C(=O)C(=O)CC)CC1. The van der Waals surface area contributed by atoms with Crippen LogP contribution >= 0.6 is 11.6 Å². The first kappa shape index (κ1) is 27.3. The molecule has 3 rings (SSSR count). The van der Waals surface area contributed by atoms with E-state index in [2.05, 4.69) is 15.5 Å². The highest BCUT2D eigenvalue weighted by atomic mass is 35.5. The smallest absolute Gasteiger partial charge is 0.289 e. The Morgan fingerprint density at radius 1 is 1.14 bits per heavy atom. The quantitative estimate of drug-likeness (QED) is 0.383. The zero-order chi connectivity index (χ0) is 26.4. The van der Waals surface area contributed by atoms with Crippen LogP contribution in [0.1, 0.15) is 66.8 Å². The van der Waals surface area contributed by atoms with Crippen LogP contribution in [-0.2, 0) is 9.59 Å². The topological polar surface area (TPSA) is 115 Å². The largest absolute Gasteiger partial charge is 0.336 e. The van der Waals surface area contributed by atoms with Crippen LogP contribution in [0.3, 0.4) is 0 Å². The van der Waals surface area contributed by atoms with E-state index in [0.29, 0.717) is 44.6 Å². The molecule has 194 valence electrons. The number of aromatic nitrogens is 2. The molecule has 36 heavy (non-hydrogen) atoms. The first-order chi connectivity index (χ1) is 17.2. The van der Waals surface area contributed by atoms with Gasteiger partial charge in [0, 0.05) is 38.2 Å². The molecule has 1 aromatic carbocycles. The van der Waals surface area contributed by atoms with Crippen LogP contribution in [0.2, 0.25) is 5.02 Å². The van der Waals surface area contributed by atoms with Crippen molar-refractivity contribution < 1.29 is 28.0 Å². The molecule has 9 nitrogen and oxygen atoms in total. The number of carbonyl (C=O) groups excluding carboxylic acids is 4. The van der Waals surface area contributed by atoms with E-state index in [1.165, 1.54) is 11.0 Å². The third kappa shape index (κ3) is 6.26. The summed E-state index contributed by atoms with van der Waals surface area (Å²) in [5.41, 5.74) is -0.206. The number of hydrogen-bond acceptors (Lipinski definition) is 5. The average Bonchev–Trinajstić information content (AvgIpc) is 3.34. The van der Waals surface area contributed by atoms with E-state index in [-0.39, 0.29) is 40.5 Å². The van der Waals surface area contributed by atoms with Crippen molar-refractivity contribution in [2.45, 2.75) is 52.0 Å². The number of unbranched alkanes of at least 4 members (excludes halogenated alkanes) is 1. The van der Waals surface area contributed by atoms with E-state index in [4.69, 9.17) is 11.6 Å². The van der Waals surface area contributed by atoms with E-state index in [1.807, 2.05) is 6.92 Å². The molecule has 1 aliphatic rings. The summed E-state index contributed by atoms with van der Waals surface area (Å²) in [6, 6.07) is 2.61. The molecule has 0 bridgehead atoms. The summed E-state index contributed by atoms with van der Waals surface area (Å²) in [5, 5.41) is 8.74. The van der Waals surface area contributed by atoms with Gasteiger partial charge in [-0.1, -0.05) is 31.9 Å². The fraction of sp³-hybridized carbons (Fsp3) is 0.458. The second kappa shape index (κ2) is 12.1. The summed E-state index contributed by atoms with van der Waals surface area (Å²) in [6.07, 6.45) is 2.84. The van der Waals surface area contributed by atoms with Gasteiger partial charge in [-0.15, -0.1) is 0 Å². The molecule has 1 aliphatic heterocycles. The number of likely N-dealkylation sites (tertiary alicyclic amines) is 1. The van der Waals surface area contributed by atoms with Gasteiger partial charge in [-0.25, -0.2) is 8.78 Å². The molecule has 1 aromatic heterocycles. The highest BCUT2D eigenvalue weighted by molar-refractivity contribution is 6.36. The number of hydrogen-bond donors (Lipinski definition) is 2. The van der Waals surface area contributed by atoms with Crippen LogP contribution in [-0.4, -0.2) is 69.2 Å². The van der Waals surface area contributed by atoms with Crippen molar-refractivity contribution in [1.82, 2.24) is 20.0 Å². The Morgan fingerprint density at radius 3 is 2.44 bits per heavy atom. The number of nitrogens with one attached hydrogen (secondary N) is 2. The molecule has 0 unspecified atom stereocenters. The summed E-state index contributed by atoms with van der Waals surface area (Å²) < 4.78 is 26.8. The Bertz CT molecular complexity index is 1150. The Kier molecular flexibility index (Phi) is 9.14. The minimum Gasteiger partial charge on any atom is -0.336 e. The molecular weight excluding hydrogens is 496 g/mol. The number of rotatable bonds is 9. The van der Waals surface area contributed by atoms with Gasteiger partial charge in [-0.2, -0.15) is 5.10 Å². The first-order valence-electron chi connectivity index (χ1n) is 11.8. The molecule has 2 aromatic rings. The van der Waals surface area contributed by atoms with Gasteiger partial charge in [0.1, 0.15) is 5.82 Å². The van der Waals surface area contributed by atoms with Gasteiger partial charge in [0.05, 0.1) is 10.6 Å². The Hall–Kier alpha value is -3.34. The Balaban J connectivity index is 1.69. The van der Waals surface area contributed by atoms with E-state index in [1.54, 1.807) is 11.8 Å². The molecule has 3 amide bonds. The van der Waals surface area contributed by atoms with Gasteiger partial charge in [0.2, 0.25) is 5.78 Å². The van der Waals surface area contributed by atoms with Crippen molar-refractivity contribution in [2.24, 2.45) is 0 Å². The van der Waals surface area contributed by atoms with Crippen LogP contribution in [0.15, 0.2) is 18.2 Å². The molecule has 0 atom stereocenters. The number of halogens is 3. The van der Waals surface area contributed by atoms with Gasteiger partial charge in [0.15, 0.2) is 17.3 Å². The molecule has 2 N–H and O–H groups in total.